The number of rotatable bonds is 1. The number of hydrogen-bond donors (Lipinski definition) is 0. The summed E-state index contributed by atoms with van der Waals surface area (Å²) in [6.45, 7) is 0. The summed E-state index contributed by atoms with van der Waals surface area (Å²) in [7, 11) is 0. The Kier molecular flexibility index (Phi) is 3.82. The summed E-state index contributed by atoms with van der Waals surface area (Å²) < 4.78 is 0. The molecular formula is C27H22ClN. The molecule has 3 aromatic carbocycles. The van der Waals surface area contributed by atoms with E-state index in [4.69, 9.17) is 11.6 Å². The van der Waals surface area contributed by atoms with E-state index in [-0.39, 0.29) is 5.41 Å². The quantitative estimate of drug-likeness (QED) is 0.320. The highest BCUT2D eigenvalue weighted by atomic mass is 35.5. The first-order valence-corrected chi connectivity index (χ1v) is 10.9. The molecule has 0 aliphatic heterocycles. The van der Waals surface area contributed by atoms with Crippen molar-refractivity contribution in [3.63, 3.8) is 0 Å². The molecule has 0 saturated heterocycles. The molecule has 0 atom stereocenters. The first-order valence-electron chi connectivity index (χ1n) is 10.6. The summed E-state index contributed by atoms with van der Waals surface area (Å²) in [5.41, 5.74) is 9.32. The highest BCUT2D eigenvalue weighted by Crippen LogP contribution is 2.56. The Labute approximate surface area is 176 Å². The highest BCUT2D eigenvalue weighted by molar-refractivity contribution is 6.30. The molecule has 0 bridgehead atoms. The summed E-state index contributed by atoms with van der Waals surface area (Å²) in [5.74, 6) is 0. The van der Waals surface area contributed by atoms with E-state index >= 15 is 0 Å². The van der Waals surface area contributed by atoms with E-state index in [0.717, 1.165) is 10.5 Å². The van der Waals surface area contributed by atoms with Crippen molar-refractivity contribution < 1.29 is 0 Å². The summed E-state index contributed by atoms with van der Waals surface area (Å²) in [6, 6.07) is 24.1. The van der Waals surface area contributed by atoms with Gasteiger partial charge in [-0.3, -0.25) is 4.98 Å². The SMILES string of the molecule is Clc1ccc2c(c1)C1(CCCCC1)c1ccc(-c3cccc4cccnc34)cc1-2. The van der Waals surface area contributed by atoms with Gasteiger partial charge in [0.15, 0.2) is 0 Å². The number of pyridine rings is 1. The zero-order valence-corrected chi connectivity index (χ0v) is 17.0. The first kappa shape index (κ1) is 17.2. The molecule has 2 aliphatic carbocycles. The van der Waals surface area contributed by atoms with Crippen molar-refractivity contribution in [1.82, 2.24) is 4.98 Å². The molecule has 6 rings (SSSR count). The van der Waals surface area contributed by atoms with Gasteiger partial charge in [-0.25, -0.2) is 0 Å². The molecule has 1 heterocycles. The maximum atomic E-state index is 6.45. The van der Waals surface area contributed by atoms with E-state index in [9.17, 15) is 0 Å². The van der Waals surface area contributed by atoms with Crippen LogP contribution in [-0.4, -0.2) is 4.98 Å². The Bertz CT molecular complexity index is 1250. The standard InChI is InChI=1S/C27H22ClN/c28-20-10-11-22-23-16-19(21-8-4-6-18-7-5-15-29-26(18)21)9-12-24(23)27(25(22)17-20)13-2-1-3-14-27/h4-12,15-17H,1-3,13-14H2. The number of halogens is 1. The van der Waals surface area contributed by atoms with Crippen LogP contribution in [0.2, 0.25) is 5.02 Å². The second-order valence-electron chi connectivity index (χ2n) is 8.47. The van der Waals surface area contributed by atoms with Crippen LogP contribution < -0.4 is 0 Å². The van der Waals surface area contributed by atoms with E-state index in [1.54, 1.807) is 0 Å². The lowest BCUT2D eigenvalue weighted by molar-refractivity contribution is 0.353. The summed E-state index contributed by atoms with van der Waals surface area (Å²) >= 11 is 6.45. The summed E-state index contributed by atoms with van der Waals surface area (Å²) in [5, 5.41) is 2.03. The lowest BCUT2D eigenvalue weighted by Gasteiger charge is -2.36. The molecular weight excluding hydrogens is 374 g/mol. The smallest absolute Gasteiger partial charge is 0.0780 e. The predicted molar refractivity (Wildman–Crippen MR) is 121 cm³/mol. The molecule has 29 heavy (non-hydrogen) atoms. The Morgan fingerprint density at radius 1 is 0.724 bits per heavy atom. The van der Waals surface area contributed by atoms with E-state index < -0.39 is 0 Å². The Hall–Kier alpha value is -2.64. The third-order valence-electron chi connectivity index (χ3n) is 6.97. The Balaban J connectivity index is 1.60. The molecule has 1 nitrogen and oxygen atoms in total. The molecule has 0 N–H and O–H groups in total. The van der Waals surface area contributed by atoms with Crippen molar-refractivity contribution in [1.29, 1.82) is 0 Å². The number of aromatic nitrogens is 1. The van der Waals surface area contributed by atoms with Crippen LogP contribution in [0.3, 0.4) is 0 Å². The maximum absolute atomic E-state index is 6.45. The fourth-order valence-electron chi connectivity index (χ4n) is 5.68. The zero-order valence-electron chi connectivity index (χ0n) is 16.3. The number of nitrogens with zero attached hydrogens (tertiary/aromatic N) is 1. The zero-order chi connectivity index (χ0) is 19.4. The average Bonchev–Trinajstić information content (AvgIpc) is 3.02. The molecule has 1 fully saturated rings. The van der Waals surface area contributed by atoms with Gasteiger partial charge in [0, 0.05) is 27.6 Å². The molecule has 4 aromatic rings. The van der Waals surface area contributed by atoms with Gasteiger partial charge in [0.2, 0.25) is 0 Å². The number of benzene rings is 3. The molecule has 142 valence electrons. The molecule has 1 spiro atoms. The topological polar surface area (TPSA) is 12.9 Å². The van der Waals surface area contributed by atoms with Gasteiger partial charge in [-0.05, 0) is 64.9 Å². The average molecular weight is 396 g/mol. The van der Waals surface area contributed by atoms with Crippen LogP contribution in [0.15, 0.2) is 72.9 Å². The minimum atomic E-state index is 0.142. The summed E-state index contributed by atoms with van der Waals surface area (Å²) in [4.78, 5) is 4.67. The Morgan fingerprint density at radius 2 is 1.59 bits per heavy atom. The van der Waals surface area contributed by atoms with Crippen LogP contribution in [-0.2, 0) is 5.41 Å². The Morgan fingerprint density at radius 3 is 2.48 bits per heavy atom. The summed E-state index contributed by atoms with van der Waals surface area (Å²) in [6.07, 6.45) is 8.26. The van der Waals surface area contributed by atoms with Gasteiger partial charge in [0.1, 0.15) is 0 Å². The van der Waals surface area contributed by atoms with Gasteiger partial charge >= 0.3 is 0 Å². The first-order chi connectivity index (χ1) is 14.3. The molecule has 1 aromatic heterocycles. The van der Waals surface area contributed by atoms with Gasteiger partial charge in [-0.15, -0.1) is 0 Å². The molecule has 0 amide bonds. The fourth-order valence-corrected chi connectivity index (χ4v) is 5.85. The minimum absolute atomic E-state index is 0.142. The van der Waals surface area contributed by atoms with Crippen molar-refractivity contribution in [3.8, 4) is 22.3 Å². The third kappa shape index (κ3) is 2.50. The van der Waals surface area contributed by atoms with Crippen molar-refractivity contribution in [2.45, 2.75) is 37.5 Å². The molecule has 0 radical (unpaired) electrons. The van der Waals surface area contributed by atoms with Crippen LogP contribution in [0.25, 0.3) is 33.2 Å². The normalized spacial score (nSPS) is 16.7. The van der Waals surface area contributed by atoms with Crippen LogP contribution in [0, 0.1) is 0 Å². The van der Waals surface area contributed by atoms with E-state index in [1.165, 1.54) is 70.9 Å². The molecule has 0 unspecified atom stereocenters. The predicted octanol–water partition coefficient (Wildman–Crippen LogP) is 7.79. The largest absolute Gasteiger partial charge is 0.256 e. The number of hydrogen-bond acceptors (Lipinski definition) is 1. The van der Waals surface area contributed by atoms with Gasteiger partial charge < -0.3 is 0 Å². The van der Waals surface area contributed by atoms with E-state index in [0.29, 0.717) is 0 Å². The molecule has 2 heteroatoms. The van der Waals surface area contributed by atoms with Crippen LogP contribution in [0.1, 0.15) is 43.2 Å². The lowest BCUT2D eigenvalue weighted by Crippen LogP contribution is -2.28. The van der Waals surface area contributed by atoms with Crippen LogP contribution in [0.5, 0.6) is 0 Å². The number of para-hydroxylation sites is 1. The number of fused-ring (bicyclic) bond motifs is 6. The second-order valence-corrected chi connectivity index (χ2v) is 8.91. The van der Waals surface area contributed by atoms with Crippen molar-refractivity contribution in [3.05, 3.63) is 89.1 Å². The van der Waals surface area contributed by atoms with Crippen LogP contribution in [0.4, 0.5) is 0 Å². The minimum Gasteiger partial charge on any atom is -0.256 e. The van der Waals surface area contributed by atoms with Crippen molar-refractivity contribution in [2.24, 2.45) is 0 Å². The van der Waals surface area contributed by atoms with Gasteiger partial charge in [0.25, 0.3) is 0 Å². The van der Waals surface area contributed by atoms with E-state index in [1.807, 2.05) is 18.3 Å². The van der Waals surface area contributed by atoms with Gasteiger partial charge in [-0.1, -0.05) is 73.3 Å². The van der Waals surface area contributed by atoms with Gasteiger partial charge in [-0.2, -0.15) is 0 Å². The van der Waals surface area contributed by atoms with E-state index in [2.05, 4.69) is 59.6 Å². The third-order valence-corrected chi connectivity index (χ3v) is 7.21. The maximum Gasteiger partial charge on any atom is 0.0780 e. The fraction of sp³-hybridized carbons (Fsp3) is 0.222. The van der Waals surface area contributed by atoms with Crippen LogP contribution >= 0.6 is 11.6 Å². The molecule has 1 saturated carbocycles. The lowest BCUT2D eigenvalue weighted by atomic mass is 9.68. The van der Waals surface area contributed by atoms with Crippen molar-refractivity contribution in [2.75, 3.05) is 0 Å². The van der Waals surface area contributed by atoms with Gasteiger partial charge in [0.05, 0.1) is 5.52 Å². The molecule has 2 aliphatic rings. The monoisotopic (exact) mass is 395 g/mol. The van der Waals surface area contributed by atoms with Crippen molar-refractivity contribution >= 4 is 22.5 Å². The highest BCUT2D eigenvalue weighted by Gasteiger charge is 2.43. The second kappa shape index (κ2) is 6.43.